The molecule has 2 aromatic carbocycles. The van der Waals surface area contributed by atoms with Crippen LogP contribution in [0.15, 0.2) is 53.4 Å². The van der Waals surface area contributed by atoms with Gasteiger partial charge in [0.2, 0.25) is 9.84 Å². The minimum absolute atomic E-state index is 0.196. The summed E-state index contributed by atoms with van der Waals surface area (Å²) in [6.07, 6.45) is 0.211. The quantitative estimate of drug-likeness (QED) is 0.720. The van der Waals surface area contributed by atoms with Crippen molar-refractivity contribution in [3.05, 3.63) is 65.2 Å². The van der Waals surface area contributed by atoms with Crippen LogP contribution in [0.4, 0.5) is 8.78 Å². The van der Waals surface area contributed by atoms with Crippen LogP contribution in [0.3, 0.4) is 0 Å². The molecule has 0 aromatic heterocycles. The zero-order chi connectivity index (χ0) is 21.7. The third-order valence-corrected chi connectivity index (χ3v) is 6.25. The van der Waals surface area contributed by atoms with E-state index in [0.717, 1.165) is 42.9 Å². The topological polar surface area (TPSA) is 75.7 Å². The van der Waals surface area contributed by atoms with Gasteiger partial charge in [-0.2, -0.15) is 8.78 Å². The molecule has 1 aliphatic heterocycles. The second-order valence-electron chi connectivity index (χ2n) is 7.25. The lowest BCUT2D eigenvalue weighted by molar-refractivity contribution is -0.0212. The Labute approximate surface area is 174 Å². The molecule has 9 heteroatoms. The highest BCUT2D eigenvalue weighted by molar-refractivity contribution is 7.91. The van der Waals surface area contributed by atoms with E-state index in [4.69, 9.17) is 4.74 Å². The van der Waals surface area contributed by atoms with Crippen molar-refractivity contribution in [2.75, 3.05) is 19.7 Å². The molecule has 1 amide bonds. The second-order valence-corrected chi connectivity index (χ2v) is 9.17. The molecule has 2 aromatic rings. The van der Waals surface area contributed by atoms with Crippen molar-refractivity contribution in [2.24, 2.45) is 0 Å². The van der Waals surface area contributed by atoms with Gasteiger partial charge in [0.15, 0.2) is 0 Å². The van der Waals surface area contributed by atoms with Crippen molar-refractivity contribution < 1.29 is 26.7 Å². The van der Waals surface area contributed by atoms with Gasteiger partial charge < -0.3 is 10.1 Å². The average Bonchev–Trinajstić information content (AvgIpc) is 2.72. The maximum Gasteiger partial charge on any atom is 0.341 e. The SMILES string of the molecule is CC1CN(Cc2cccc(CNC(=O)c3ccc(S(=O)(=O)C(F)F)cc3)c2)CCO1. The number of rotatable bonds is 7. The summed E-state index contributed by atoms with van der Waals surface area (Å²) in [5.74, 6) is -3.91. The van der Waals surface area contributed by atoms with Gasteiger partial charge >= 0.3 is 5.76 Å². The fraction of sp³-hybridized carbons (Fsp3) is 0.381. The van der Waals surface area contributed by atoms with Crippen LogP contribution in [-0.2, 0) is 27.7 Å². The van der Waals surface area contributed by atoms with Crippen LogP contribution in [0.5, 0.6) is 0 Å². The summed E-state index contributed by atoms with van der Waals surface area (Å²) in [4.78, 5) is 14.1. The van der Waals surface area contributed by atoms with Crippen LogP contribution < -0.4 is 5.32 Å². The first kappa shape index (κ1) is 22.3. The average molecular weight is 438 g/mol. The van der Waals surface area contributed by atoms with E-state index in [2.05, 4.69) is 10.2 Å². The third-order valence-electron chi connectivity index (χ3n) is 4.86. The van der Waals surface area contributed by atoms with Gasteiger partial charge in [-0.1, -0.05) is 24.3 Å². The van der Waals surface area contributed by atoms with Crippen LogP contribution in [0.2, 0.25) is 0 Å². The van der Waals surface area contributed by atoms with E-state index in [1.54, 1.807) is 0 Å². The number of nitrogens with one attached hydrogen (secondary N) is 1. The summed E-state index contributed by atoms with van der Waals surface area (Å²) >= 11 is 0. The summed E-state index contributed by atoms with van der Waals surface area (Å²) in [5.41, 5.74) is 2.26. The lowest BCUT2D eigenvalue weighted by atomic mass is 10.1. The molecule has 1 heterocycles. The van der Waals surface area contributed by atoms with Gasteiger partial charge in [0.1, 0.15) is 0 Å². The van der Waals surface area contributed by atoms with Gasteiger partial charge in [-0.25, -0.2) is 8.42 Å². The number of amides is 1. The van der Waals surface area contributed by atoms with E-state index in [9.17, 15) is 22.0 Å². The molecule has 0 bridgehead atoms. The number of nitrogens with zero attached hydrogens (tertiary/aromatic N) is 1. The highest BCUT2D eigenvalue weighted by Gasteiger charge is 2.26. The molecular weight excluding hydrogens is 414 g/mol. The van der Waals surface area contributed by atoms with Gasteiger partial charge in [0.05, 0.1) is 17.6 Å². The minimum atomic E-state index is -4.67. The Morgan fingerprint density at radius 1 is 1.20 bits per heavy atom. The molecule has 6 nitrogen and oxygen atoms in total. The summed E-state index contributed by atoms with van der Waals surface area (Å²) in [7, 11) is -4.67. The molecule has 162 valence electrons. The zero-order valence-electron chi connectivity index (χ0n) is 16.6. The number of ether oxygens (including phenoxy) is 1. The van der Waals surface area contributed by atoms with Crippen molar-refractivity contribution in [1.29, 1.82) is 0 Å². The number of carbonyl (C=O) groups excluding carboxylic acids is 1. The van der Waals surface area contributed by atoms with Crippen LogP contribution in [0, 0.1) is 0 Å². The molecule has 1 aliphatic rings. The predicted molar refractivity (Wildman–Crippen MR) is 108 cm³/mol. The van der Waals surface area contributed by atoms with Gasteiger partial charge in [0, 0.05) is 31.7 Å². The van der Waals surface area contributed by atoms with E-state index in [1.165, 1.54) is 12.1 Å². The summed E-state index contributed by atoms with van der Waals surface area (Å²) in [5, 5.41) is 2.76. The van der Waals surface area contributed by atoms with Crippen molar-refractivity contribution in [3.8, 4) is 0 Å². The highest BCUT2D eigenvalue weighted by Crippen LogP contribution is 2.19. The molecule has 0 aliphatic carbocycles. The number of hydrogen-bond donors (Lipinski definition) is 1. The van der Waals surface area contributed by atoms with E-state index in [-0.39, 0.29) is 11.7 Å². The predicted octanol–water partition coefficient (Wildman–Crippen LogP) is 2.83. The van der Waals surface area contributed by atoms with Gasteiger partial charge in [-0.3, -0.25) is 9.69 Å². The molecule has 30 heavy (non-hydrogen) atoms. The normalized spacial score (nSPS) is 17.8. The number of halogens is 2. The maximum atomic E-state index is 12.6. The standard InChI is InChI=1S/C21H24F2N2O4S/c1-15-13-25(9-10-29-15)14-17-4-2-3-16(11-17)12-24-20(26)18-5-7-19(8-6-18)30(27,28)21(22)23/h2-8,11,15,21H,9-10,12-14H2,1H3,(H,24,26). The lowest BCUT2D eigenvalue weighted by Crippen LogP contribution is -2.40. The van der Waals surface area contributed by atoms with E-state index >= 15 is 0 Å². The third kappa shape index (κ3) is 5.62. The van der Waals surface area contributed by atoms with Gasteiger partial charge in [-0.05, 0) is 42.3 Å². The second kappa shape index (κ2) is 9.63. The summed E-state index contributed by atoms with van der Waals surface area (Å²) in [6.45, 7) is 5.61. The maximum absolute atomic E-state index is 12.6. The summed E-state index contributed by atoms with van der Waals surface area (Å²) < 4.78 is 53.6. The van der Waals surface area contributed by atoms with Crippen LogP contribution in [0.1, 0.15) is 28.4 Å². The molecular formula is C21H24F2N2O4S. The van der Waals surface area contributed by atoms with Crippen molar-refractivity contribution >= 4 is 15.7 Å². The number of benzene rings is 2. The Hall–Kier alpha value is -2.36. The first-order valence-electron chi connectivity index (χ1n) is 9.58. The van der Waals surface area contributed by atoms with Crippen LogP contribution in [-0.4, -0.2) is 50.8 Å². The lowest BCUT2D eigenvalue weighted by Gasteiger charge is -2.31. The molecule has 1 N–H and O–H groups in total. The van der Waals surface area contributed by atoms with E-state index in [1.807, 2.05) is 31.2 Å². The molecule has 1 atom stereocenters. The first-order valence-corrected chi connectivity index (χ1v) is 11.1. The Bertz CT molecular complexity index is 981. The Morgan fingerprint density at radius 2 is 1.90 bits per heavy atom. The fourth-order valence-corrected chi connectivity index (χ4v) is 4.03. The van der Waals surface area contributed by atoms with E-state index < -0.39 is 26.4 Å². The number of hydrogen-bond acceptors (Lipinski definition) is 5. The van der Waals surface area contributed by atoms with E-state index in [0.29, 0.717) is 13.2 Å². The van der Waals surface area contributed by atoms with Crippen LogP contribution >= 0.6 is 0 Å². The Morgan fingerprint density at radius 3 is 2.57 bits per heavy atom. The fourth-order valence-electron chi connectivity index (χ4n) is 3.31. The number of sulfone groups is 1. The van der Waals surface area contributed by atoms with Crippen molar-refractivity contribution in [2.45, 2.75) is 36.8 Å². The molecule has 0 saturated carbocycles. The van der Waals surface area contributed by atoms with Gasteiger partial charge in [-0.15, -0.1) is 0 Å². The molecule has 1 saturated heterocycles. The molecule has 3 rings (SSSR count). The zero-order valence-corrected chi connectivity index (χ0v) is 17.4. The molecule has 1 unspecified atom stereocenters. The Kier molecular flexibility index (Phi) is 7.17. The monoisotopic (exact) mass is 438 g/mol. The van der Waals surface area contributed by atoms with Crippen LogP contribution in [0.25, 0.3) is 0 Å². The van der Waals surface area contributed by atoms with Crippen molar-refractivity contribution in [3.63, 3.8) is 0 Å². The molecule has 0 spiro atoms. The highest BCUT2D eigenvalue weighted by atomic mass is 32.2. The number of morpholine rings is 1. The number of carbonyl (C=O) groups is 1. The largest absolute Gasteiger partial charge is 0.376 e. The number of alkyl halides is 2. The van der Waals surface area contributed by atoms with Gasteiger partial charge in [0.25, 0.3) is 5.91 Å². The summed E-state index contributed by atoms with van der Waals surface area (Å²) in [6, 6.07) is 12.4. The smallest absolute Gasteiger partial charge is 0.341 e. The minimum Gasteiger partial charge on any atom is -0.376 e. The first-order chi connectivity index (χ1) is 14.3. The Balaban J connectivity index is 1.58. The molecule has 0 radical (unpaired) electrons. The van der Waals surface area contributed by atoms with Crippen molar-refractivity contribution in [1.82, 2.24) is 10.2 Å². The molecule has 1 fully saturated rings.